The van der Waals surface area contributed by atoms with Gasteiger partial charge in [-0.05, 0) is 49.4 Å². The summed E-state index contributed by atoms with van der Waals surface area (Å²) >= 11 is 12.3. The van der Waals surface area contributed by atoms with Crippen LogP contribution in [0.4, 0.5) is 0 Å². The highest BCUT2D eigenvalue weighted by atomic mass is 35.5. The smallest absolute Gasteiger partial charge is 0.243 e. The summed E-state index contributed by atoms with van der Waals surface area (Å²) < 4.78 is 0. The number of halogens is 2. The minimum Gasteiger partial charge on any atom is -0.352 e. The van der Waals surface area contributed by atoms with Crippen LogP contribution in [0.15, 0.2) is 42.5 Å². The number of benzene rings is 2. The third-order valence-electron chi connectivity index (χ3n) is 5.88. The lowest BCUT2D eigenvalue weighted by atomic mass is 10.1. The molecule has 1 N–H and O–H groups in total. The molecule has 2 amide bonds. The summed E-state index contributed by atoms with van der Waals surface area (Å²) in [5, 5.41) is 4.15. The van der Waals surface area contributed by atoms with Crippen molar-refractivity contribution in [2.45, 2.75) is 71.0 Å². The molecular weight excluding hydrogens is 431 g/mol. The van der Waals surface area contributed by atoms with Gasteiger partial charge < -0.3 is 10.2 Å². The summed E-state index contributed by atoms with van der Waals surface area (Å²) in [6.45, 7) is 4.35. The van der Waals surface area contributed by atoms with Gasteiger partial charge in [0.25, 0.3) is 0 Å². The maximum atomic E-state index is 13.4. The molecular formula is C25H30Cl2N2O2. The quantitative estimate of drug-likeness (QED) is 0.548. The first-order valence-corrected chi connectivity index (χ1v) is 11.7. The fraction of sp³-hybridized carbons (Fsp3) is 0.440. The predicted molar refractivity (Wildman–Crippen MR) is 126 cm³/mol. The fourth-order valence-electron chi connectivity index (χ4n) is 4.22. The molecule has 31 heavy (non-hydrogen) atoms. The summed E-state index contributed by atoms with van der Waals surface area (Å²) in [4.78, 5) is 28.3. The molecule has 1 atom stereocenters. The van der Waals surface area contributed by atoms with Gasteiger partial charge in [-0.1, -0.05) is 78.9 Å². The molecule has 1 saturated carbocycles. The van der Waals surface area contributed by atoms with Crippen molar-refractivity contribution in [3.05, 3.63) is 69.2 Å². The highest BCUT2D eigenvalue weighted by Gasteiger charge is 2.30. The zero-order valence-electron chi connectivity index (χ0n) is 18.2. The van der Waals surface area contributed by atoms with Crippen molar-refractivity contribution in [3.8, 4) is 0 Å². The first-order chi connectivity index (χ1) is 14.9. The Bertz CT molecular complexity index is 925. The van der Waals surface area contributed by atoms with E-state index in [0.717, 1.165) is 36.8 Å². The lowest BCUT2D eigenvalue weighted by Crippen LogP contribution is -2.51. The van der Waals surface area contributed by atoms with E-state index in [1.807, 2.05) is 32.0 Å². The highest BCUT2D eigenvalue weighted by molar-refractivity contribution is 6.35. The van der Waals surface area contributed by atoms with Crippen molar-refractivity contribution in [1.82, 2.24) is 10.2 Å². The van der Waals surface area contributed by atoms with Gasteiger partial charge in [-0.3, -0.25) is 9.59 Å². The topological polar surface area (TPSA) is 49.4 Å². The Morgan fingerprint density at radius 3 is 2.52 bits per heavy atom. The summed E-state index contributed by atoms with van der Waals surface area (Å²) in [6.07, 6.45) is 4.97. The van der Waals surface area contributed by atoms with Gasteiger partial charge in [0.05, 0.1) is 6.42 Å². The maximum Gasteiger partial charge on any atom is 0.243 e. The minimum atomic E-state index is -0.528. The van der Waals surface area contributed by atoms with Crippen LogP contribution in [0.25, 0.3) is 0 Å². The molecule has 0 aliphatic heterocycles. The largest absolute Gasteiger partial charge is 0.352 e. The number of nitrogens with zero attached hydrogens (tertiary/aromatic N) is 1. The number of carbonyl (C=O) groups excluding carboxylic acids is 2. The van der Waals surface area contributed by atoms with Gasteiger partial charge in [-0.25, -0.2) is 0 Å². The summed E-state index contributed by atoms with van der Waals surface area (Å²) in [5.41, 5.74) is 2.83. The van der Waals surface area contributed by atoms with Crippen LogP contribution in [-0.2, 0) is 22.6 Å². The van der Waals surface area contributed by atoms with Crippen LogP contribution in [0.2, 0.25) is 10.0 Å². The molecule has 6 heteroatoms. The van der Waals surface area contributed by atoms with E-state index >= 15 is 0 Å². The Balaban J connectivity index is 1.84. The van der Waals surface area contributed by atoms with Crippen molar-refractivity contribution in [1.29, 1.82) is 0 Å². The molecule has 0 spiro atoms. The average Bonchev–Trinajstić information content (AvgIpc) is 3.23. The molecule has 1 aliphatic rings. The third kappa shape index (κ3) is 6.47. The Hall–Kier alpha value is -2.04. The molecule has 1 fully saturated rings. The molecule has 4 nitrogen and oxygen atoms in total. The molecule has 2 aromatic carbocycles. The van der Waals surface area contributed by atoms with Gasteiger partial charge in [0.15, 0.2) is 0 Å². The second-order valence-electron chi connectivity index (χ2n) is 8.34. The Morgan fingerprint density at radius 1 is 1.13 bits per heavy atom. The SMILES string of the molecule is CCC(C(=O)NC1CCCC1)N(Cc1cccc(C)c1)C(=O)Cc1ccc(Cl)cc1Cl. The molecule has 1 unspecified atom stereocenters. The van der Waals surface area contributed by atoms with Gasteiger partial charge in [0.2, 0.25) is 11.8 Å². The number of amides is 2. The molecule has 0 radical (unpaired) electrons. The van der Waals surface area contributed by atoms with E-state index in [1.54, 1.807) is 23.1 Å². The molecule has 0 bridgehead atoms. The standard InChI is InChI=1S/C25H30Cl2N2O2/c1-3-23(25(31)28-21-9-4-5-10-21)29(16-18-8-6-7-17(2)13-18)24(30)14-19-11-12-20(26)15-22(19)27/h6-8,11-13,15,21,23H,3-5,9-10,14,16H2,1-2H3,(H,28,31). The van der Waals surface area contributed by atoms with E-state index in [9.17, 15) is 9.59 Å². The molecule has 0 saturated heterocycles. The lowest BCUT2D eigenvalue weighted by molar-refractivity contribution is -0.141. The highest BCUT2D eigenvalue weighted by Crippen LogP contribution is 2.24. The molecule has 0 heterocycles. The summed E-state index contributed by atoms with van der Waals surface area (Å²) in [6, 6.07) is 12.9. The van der Waals surface area contributed by atoms with Crippen molar-refractivity contribution in [2.75, 3.05) is 0 Å². The van der Waals surface area contributed by atoms with Crippen molar-refractivity contribution in [3.63, 3.8) is 0 Å². The fourth-order valence-corrected chi connectivity index (χ4v) is 4.70. The second-order valence-corrected chi connectivity index (χ2v) is 9.18. The third-order valence-corrected chi connectivity index (χ3v) is 6.47. The van der Waals surface area contributed by atoms with Gasteiger partial charge in [0.1, 0.15) is 6.04 Å². The Labute approximate surface area is 194 Å². The van der Waals surface area contributed by atoms with Gasteiger partial charge in [-0.15, -0.1) is 0 Å². The van der Waals surface area contributed by atoms with Crippen LogP contribution in [0.3, 0.4) is 0 Å². The summed E-state index contributed by atoms with van der Waals surface area (Å²) in [5.74, 6) is -0.197. The lowest BCUT2D eigenvalue weighted by Gasteiger charge is -2.32. The normalized spacial score (nSPS) is 15.0. The Kier molecular flexibility index (Phi) is 8.39. The van der Waals surface area contributed by atoms with Crippen LogP contribution < -0.4 is 5.32 Å². The van der Waals surface area contributed by atoms with E-state index in [0.29, 0.717) is 28.6 Å². The molecule has 1 aliphatic carbocycles. The monoisotopic (exact) mass is 460 g/mol. The first kappa shape index (κ1) is 23.6. The molecule has 166 valence electrons. The van der Waals surface area contributed by atoms with Crippen molar-refractivity contribution < 1.29 is 9.59 Å². The van der Waals surface area contributed by atoms with E-state index < -0.39 is 6.04 Å². The molecule has 3 rings (SSSR count). The number of carbonyl (C=O) groups is 2. The zero-order chi connectivity index (χ0) is 22.4. The van der Waals surface area contributed by atoms with Gasteiger partial charge >= 0.3 is 0 Å². The van der Waals surface area contributed by atoms with Crippen LogP contribution in [-0.4, -0.2) is 28.8 Å². The van der Waals surface area contributed by atoms with Gasteiger partial charge in [0, 0.05) is 22.6 Å². The minimum absolute atomic E-state index is 0.0717. The van der Waals surface area contributed by atoms with E-state index in [2.05, 4.69) is 11.4 Å². The number of aryl methyl sites for hydroxylation is 1. The zero-order valence-corrected chi connectivity index (χ0v) is 19.7. The van der Waals surface area contributed by atoms with Crippen LogP contribution in [0, 0.1) is 6.92 Å². The number of hydrogen-bond acceptors (Lipinski definition) is 2. The predicted octanol–water partition coefficient (Wildman–Crippen LogP) is 5.71. The first-order valence-electron chi connectivity index (χ1n) is 11.0. The van der Waals surface area contributed by atoms with E-state index in [4.69, 9.17) is 23.2 Å². The van der Waals surface area contributed by atoms with Crippen LogP contribution in [0.5, 0.6) is 0 Å². The van der Waals surface area contributed by atoms with Crippen LogP contribution in [0.1, 0.15) is 55.7 Å². The maximum absolute atomic E-state index is 13.4. The summed E-state index contributed by atoms with van der Waals surface area (Å²) in [7, 11) is 0. The molecule has 0 aromatic heterocycles. The number of hydrogen-bond donors (Lipinski definition) is 1. The van der Waals surface area contributed by atoms with E-state index in [1.165, 1.54) is 0 Å². The molecule has 2 aromatic rings. The average molecular weight is 461 g/mol. The van der Waals surface area contributed by atoms with Crippen LogP contribution >= 0.6 is 23.2 Å². The van der Waals surface area contributed by atoms with Crippen molar-refractivity contribution in [2.24, 2.45) is 0 Å². The number of nitrogens with one attached hydrogen (secondary N) is 1. The van der Waals surface area contributed by atoms with E-state index in [-0.39, 0.29) is 24.3 Å². The Morgan fingerprint density at radius 2 is 1.87 bits per heavy atom. The number of rotatable bonds is 8. The van der Waals surface area contributed by atoms with Crippen molar-refractivity contribution >= 4 is 35.0 Å². The van der Waals surface area contributed by atoms with Gasteiger partial charge in [-0.2, -0.15) is 0 Å². The second kappa shape index (κ2) is 11.0.